The maximum atomic E-state index is 14.9. The van der Waals surface area contributed by atoms with Crippen molar-refractivity contribution in [3.63, 3.8) is 0 Å². The molecule has 0 atom stereocenters. The van der Waals surface area contributed by atoms with Crippen molar-refractivity contribution < 1.29 is 9.50 Å². The van der Waals surface area contributed by atoms with Crippen molar-refractivity contribution in [2.45, 2.75) is 19.3 Å². The SMILES string of the molecule is N#Cc1cccc(-c2ccc(Nc3cc4nc(CC5CCN(CCO)CC5)ccc4cn3)c(F)c2)c1. The van der Waals surface area contributed by atoms with Gasteiger partial charge in [0.15, 0.2) is 0 Å². The topological polar surface area (TPSA) is 85.1 Å². The number of halogens is 1. The van der Waals surface area contributed by atoms with Gasteiger partial charge in [-0.3, -0.25) is 4.98 Å². The van der Waals surface area contributed by atoms with Crippen LogP contribution in [0.2, 0.25) is 0 Å². The van der Waals surface area contributed by atoms with E-state index < -0.39 is 5.82 Å². The third-order valence-corrected chi connectivity index (χ3v) is 6.81. The van der Waals surface area contributed by atoms with E-state index in [-0.39, 0.29) is 6.61 Å². The minimum atomic E-state index is -0.397. The largest absolute Gasteiger partial charge is 0.395 e. The smallest absolute Gasteiger partial charge is 0.147 e. The number of rotatable bonds is 7. The number of benzene rings is 2. The molecule has 0 radical (unpaired) electrons. The van der Waals surface area contributed by atoms with E-state index in [1.54, 1.807) is 30.5 Å². The lowest BCUT2D eigenvalue weighted by atomic mass is 9.92. The Kier molecular flexibility index (Phi) is 7.17. The first-order chi connectivity index (χ1) is 17.6. The van der Waals surface area contributed by atoms with Gasteiger partial charge in [0.1, 0.15) is 11.6 Å². The molecule has 0 bridgehead atoms. The van der Waals surface area contributed by atoms with Crippen LogP contribution in [-0.4, -0.2) is 46.2 Å². The number of aliphatic hydroxyl groups excluding tert-OH is 1. The Morgan fingerprint density at radius 1 is 1.06 bits per heavy atom. The van der Waals surface area contributed by atoms with Crippen LogP contribution >= 0.6 is 0 Å². The third kappa shape index (κ3) is 5.51. The van der Waals surface area contributed by atoms with E-state index in [4.69, 9.17) is 15.4 Å². The summed E-state index contributed by atoms with van der Waals surface area (Å²) in [4.78, 5) is 11.6. The van der Waals surface area contributed by atoms with E-state index in [9.17, 15) is 4.39 Å². The molecule has 182 valence electrons. The number of aromatic nitrogens is 2. The fourth-order valence-electron chi connectivity index (χ4n) is 4.79. The fraction of sp³-hybridized carbons (Fsp3) is 0.276. The summed E-state index contributed by atoms with van der Waals surface area (Å²) >= 11 is 0. The highest BCUT2D eigenvalue weighted by Gasteiger charge is 2.19. The number of likely N-dealkylation sites (tertiary alicyclic amines) is 1. The van der Waals surface area contributed by atoms with E-state index in [0.29, 0.717) is 28.6 Å². The minimum absolute atomic E-state index is 0.214. The van der Waals surface area contributed by atoms with Crippen LogP contribution in [0.3, 0.4) is 0 Å². The number of hydrogen-bond donors (Lipinski definition) is 2. The van der Waals surface area contributed by atoms with Gasteiger partial charge in [-0.1, -0.05) is 18.2 Å². The van der Waals surface area contributed by atoms with E-state index in [2.05, 4.69) is 27.3 Å². The molecule has 2 aromatic heterocycles. The van der Waals surface area contributed by atoms with Gasteiger partial charge in [0.05, 0.1) is 29.4 Å². The summed E-state index contributed by atoms with van der Waals surface area (Å²) in [6, 6.07) is 20.2. The van der Waals surface area contributed by atoms with Gasteiger partial charge in [-0.2, -0.15) is 5.26 Å². The average Bonchev–Trinajstić information content (AvgIpc) is 2.91. The zero-order valence-corrected chi connectivity index (χ0v) is 20.0. The first-order valence-electron chi connectivity index (χ1n) is 12.3. The average molecular weight is 482 g/mol. The van der Waals surface area contributed by atoms with Crippen molar-refractivity contribution in [1.82, 2.24) is 14.9 Å². The summed E-state index contributed by atoms with van der Waals surface area (Å²) in [5, 5.41) is 22.3. The standard InChI is InChI=1S/C29H28FN5O/c30-26-16-23(22-3-1-2-21(14-22)18-31)5-7-27(26)34-29-17-28-24(19-32-29)4-6-25(33-28)15-20-8-10-35(11-9-20)12-13-36/h1-7,14,16-17,19-20,36H,8-13,15H2,(H,32,34). The number of nitrogens with one attached hydrogen (secondary N) is 1. The highest BCUT2D eigenvalue weighted by molar-refractivity contribution is 5.81. The molecule has 0 spiro atoms. The second-order valence-electron chi connectivity index (χ2n) is 9.29. The lowest BCUT2D eigenvalue weighted by Gasteiger charge is -2.31. The van der Waals surface area contributed by atoms with Gasteiger partial charge in [-0.25, -0.2) is 9.37 Å². The van der Waals surface area contributed by atoms with Crippen LogP contribution in [0.1, 0.15) is 24.1 Å². The Morgan fingerprint density at radius 3 is 2.67 bits per heavy atom. The number of anilines is 2. The molecule has 5 rings (SSSR count). The van der Waals surface area contributed by atoms with Crippen LogP contribution in [0, 0.1) is 23.1 Å². The van der Waals surface area contributed by atoms with E-state index in [1.165, 1.54) is 6.07 Å². The highest BCUT2D eigenvalue weighted by Crippen LogP contribution is 2.28. The zero-order chi connectivity index (χ0) is 24.9. The van der Waals surface area contributed by atoms with Gasteiger partial charge in [-0.15, -0.1) is 0 Å². The van der Waals surface area contributed by atoms with Crippen LogP contribution in [0.5, 0.6) is 0 Å². The summed E-state index contributed by atoms with van der Waals surface area (Å²) in [6.45, 7) is 3.00. The van der Waals surface area contributed by atoms with E-state index >= 15 is 0 Å². The van der Waals surface area contributed by atoms with Crippen molar-refractivity contribution in [2.24, 2.45) is 5.92 Å². The van der Waals surface area contributed by atoms with Gasteiger partial charge < -0.3 is 15.3 Å². The molecule has 0 amide bonds. The molecule has 1 fully saturated rings. The number of pyridine rings is 2. The Labute approximate surface area is 210 Å². The zero-order valence-electron chi connectivity index (χ0n) is 20.0. The molecule has 1 saturated heterocycles. The summed E-state index contributed by atoms with van der Waals surface area (Å²) < 4.78 is 14.9. The molecule has 2 aromatic carbocycles. The molecular weight excluding hydrogens is 453 g/mol. The number of β-amino-alcohol motifs (C(OH)–C–C–N with tert-alkyl or cyclic N) is 1. The van der Waals surface area contributed by atoms with Crippen molar-refractivity contribution in [3.05, 3.63) is 83.9 Å². The lowest BCUT2D eigenvalue weighted by Crippen LogP contribution is -2.36. The van der Waals surface area contributed by atoms with Gasteiger partial charge in [0.25, 0.3) is 0 Å². The van der Waals surface area contributed by atoms with Crippen molar-refractivity contribution in [3.8, 4) is 17.2 Å². The molecule has 7 heteroatoms. The molecule has 6 nitrogen and oxygen atoms in total. The third-order valence-electron chi connectivity index (χ3n) is 6.81. The monoisotopic (exact) mass is 481 g/mol. The summed E-state index contributed by atoms with van der Waals surface area (Å²) in [6.07, 6.45) is 4.90. The first-order valence-corrected chi connectivity index (χ1v) is 12.3. The minimum Gasteiger partial charge on any atom is -0.395 e. The Morgan fingerprint density at radius 2 is 1.89 bits per heavy atom. The molecule has 0 aliphatic carbocycles. The maximum Gasteiger partial charge on any atom is 0.147 e. The van der Waals surface area contributed by atoms with Crippen LogP contribution in [0.15, 0.2) is 66.9 Å². The quantitative estimate of drug-likeness (QED) is 0.373. The highest BCUT2D eigenvalue weighted by atomic mass is 19.1. The summed E-state index contributed by atoms with van der Waals surface area (Å²) in [5.74, 6) is 0.722. The second kappa shape index (κ2) is 10.8. The molecule has 4 aromatic rings. The number of nitriles is 1. The Bertz CT molecular complexity index is 1410. The summed E-state index contributed by atoms with van der Waals surface area (Å²) in [5.41, 5.74) is 4.24. The maximum absolute atomic E-state index is 14.9. The Hall–Kier alpha value is -3.86. The number of hydrogen-bond acceptors (Lipinski definition) is 6. The predicted molar refractivity (Wildman–Crippen MR) is 139 cm³/mol. The molecule has 1 aliphatic heterocycles. The number of fused-ring (bicyclic) bond motifs is 1. The molecule has 1 aliphatic rings. The second-order valence-corrected chi connectivity index (χ2v) is 9.29. The molecule has 0 unspecified atom stereocenters. The normalized spacial score (nSPS) is 14.6. The van der Waals surface area contributed by atoms with Gasteiger partial charge in [-0.05, 0) is 85.8 Å². The van der Waals surface area contributed by atoms with Gasteiger partial charge in [0.2, 0.25) is 0 Å². The van der Waals surface area contributed by atoms with Crippen LogP contribution < -0.4 is 5.32 Å². The van der Waals surface area contributed by atoms with Crippen molar-refractivity contribution in [2.75, 3.05) is 31.6 Å². The lowest BCUT2D eigenvalue weighted by molar-refractivity contribution is 0.147. The number of aliphatic hydroxyl groups is 1. The van der Waals surface area contributed by atoms with Gasteiger partial charge in [0, 0.05) is 29.9 Å². The van der Waals surface area contributed by atoms with Gasteiger partial charge >= 0.3 is 0 Å². The fourth-order valence-corrected chi connectivity index (χ4v) is 4.79. The molecule has 0 saturated carbocycles. The van der Waals surface area contributed by atoms with Crippen LogP contribution in [0.4, 0.5) is 15.9 Å². The first kappa shape index (κ1) is 23.9. The summed E-state index contributed by atoms with van der Waals surface area (Å²) in [7, 11) is 0. The number of nitrogens with zero attached hydrogens (tertiary/aromatic N) is 4. The van der Waals surface area contributed by atoms with Crippen molar-refractivity contribution >= 4 is 22.4 Å². The molecule has 2 N–H and O–H groups in total. The Balaban J connectivity index is 1.30. The van der Waals surface area contributed by atoms with Crippen LogP contribution in [0.25, 0.3) is 22.0 Å². The van der Waals surface area contributed by atoms with Crippen molar-refractivity contribution in [1.29, 1.82) is 5.26 Å². The van der Waals surface area contributed by atoms with E-state index in [0.717, 1.165) is 61.1 Å². The van der Waals surface area contributed by atoms with E-state index in [1.807, 2.05) is 24.3 Å². The predicted octanol–water partition coefficient (Wildman–Crippen LogP) is 5.30. The molecule has 3 heterocycles. The molecular formula is C29H28FN5O. The van der Waals surface area contributed by atoms with Crippen LogP contribution in [-0.2, 0) is 6.42 Å². The number of piperidine rings is 1. The molecule has 36 heavy (non-hydrogen) atoms.